The van der Waals surface area contributed by atoms with Crippen LogP contribution in [-0.4, -0.2) is 83.1 Å². The molecule has 1 N–H and O–H groups in total. The predicted molar refractivity (Wildman–Crippen MR) is 135 cm³/mol. The van der Waals surface area contributed by atoms with E-state index in [1.165, 1.54) is 4.90 Å². The van der Waals surface area contributed by atoms with Crippen molar-refractivity contribution in [3.05, 3.63) is 35.4 Å². The topological polar surface area (TPSA) is 90.0 Å². The summed E-state index contributed by atoms with van der Waals surface area (Å²) in [5.74, 6) is -0.252. The first-order valence-electron chi connectivity index (χ1n) is 13.6. The largest absolute Gasteiger partial charge is 0.355 e. The van der Waals surface area contributed by atoms with Gasteiger partial charge in [-0.25, -0.2) is 0 Å². The van der Waals surface area contributed by atoms with E-state index in [0.717, 1.165) is 62.7 Å². The van der Waals surface area contributed by atoms with Crippen LogP contribution in [-0.2, 0) is 24.6 Å². The molecule has 3 heterocycles. The van der Waals surface area contributed by atoms with Gasteiger partial charge in [0, 0.05) is 64.1 Å². The number of likely N-dealkylation sites (tertiary alicyclic amines) is 2. The molecule has 3 aliphatic heterocycles. The number of benzene rings is 1. The number of rotatable bonds is 5. The Morgan fingerprint density at radius 3 is 2.42 bits per heavy atom. The number of carbonyl (C=O) groups excluding carboxylic acids is 4. The monoisotopic (exact) mass is 494 g/mol. The number of carbonyl (C=O) groups is 4. The molecule has 0 bridgehead atoms. The molecule has 4 amide bonds. The zero-order chi connectivity index (χ0) is 25.3. The van der Waals surface area contributed by atoms with Crippen LogP contribution in [0.2, 0.25) is 0 Å². The minimum absolute atomic E-state index is 0.0308. The summed E-state index contributed by atoms with van der Waals surface area (Å²) in [4.78, 5) is 58.4. The van der Waals surface area contributed by atoms with Crippen molar-refractivity contribution < 1.29 is 19.2 Å². The lowest BCUT2D eigenvalue weighted by Crippen LogP contribution is -2.50. The Labute approximate surface area is 213 Å². The van der Waals surface area contributed by atoms with Gasteiger partial charge in [0.2, 0.25) is 23.6 Å². The van der Waals surface area contributed by atoms with Crippen molar-refractivity contribution in [1.29, 1.82) is 0 Å². The summed E-state index contributed by atoms with van der Waals surface area (Å²) in [5, 5.41) is 2.93. The quantitative estimate of drug-likeness (QED) is 0.634. The fourth-order valence-corrected chi connectivity index (χ4v) is 6.85. The van der Waals surface area contributed by atoms with Crippen LogP contribution >= 0.6 is 0 Å². The molecule has 4 fully saturated rings. The summed E-state index contributed by atoms with van der Waals surface area (Å²) in [6.07, 6.45) is 6.15. The molecule has 5 rings (SSSR count). The lowest BCUT2D eigenvalue weighted by Gasteiger charge is -2.39. The van der Waals surface area contributed by atoms with Crippen LogP contribution in [0.5, 0.6) is 0 Å². The Morgan fingerprint density at radius 2 is 1.69 bits per heavy atom. The van der Waals surface area contributed by atoms with Crippen molar-refractivity contribution in [2.24, 2.45) is 0 Å². The van der Waals surface area contributed by atoms with Gasteiger partial charge in [0.1, 0.15) is 0 Å². The molecule has 1 aliphatic carbocycles. The number of hydrogen-bond acceptors (Lipinski definition) is 5. The van der Waals surface area contributed by atoms with Gasteiger partial charge < -0.3 is 10.2 Å². The average Bonchev–Trinajstić information content (AvgIpc) is 3.40. The molecule has 194 valence electrons. The number of nitrogens with zero attached hydrogens (tertiary/aromatic N) is 3. The van der Waals surface area contributed by atoms with Gasteiger partial charge in [-0.3, -0.25) is 29.0 Å². The second-order valence-corrected chi connectivity index (χ2v) is 11.0. The van der Waals surface area contributed by atoms with E-state index in [4.69, 9.17) is 0 Å². The molecule has 0 aromatic heterocycles. The Hall–Kier alpha value is -2.74. The molecule has 1 aromatic rings. The van der Waals surface area contributed by atoms with E-state index in [0.29, 0.717) is 32.1 Å². The molecular weight excluding hydrogens is 456 g/mol. The predicted octanol–water partition coefficient (Wildman–Crippen LogP) is 2.14. The van der Waals surface area contributed by atoms with E-state index >= 15 is 0 Å². The van der Waals surface area contributed by atoms with E-state index in [1.54, 1.807) is 0 Å². The van der Waals surface area contributed by atoms with Crippen molar-refractivity contribution in [3.63, 3.8) is 0 Å². The highest BCUT2D eigenvalue weighted by Gasteiger charge is 2.56. The highest BCUT2D eigenvalue weighted by Crippen LogP contribution is 2.44. The summed E-state index contributed by atoms with van der Waals surface area (Å²) in [6.45, 7) is 5.51. The number of amides is 4. The smallest absolute Gasteiger partial charge is 0.241 e. The van der Waals surface area contributed by atoms with Crippen LogP contribution in [0.3, 0.4) is 0 Å². The van der Waals surface area contributed by atoms with Crippen LogP contribution in [0.4, 0.5) is 0 Å². The lowest BCUT2D eigenvalue weighted by atomic mass is 9.73. The van der Waals surface area contributed by atoms with E-state index in [9.17, 15) is 19.2 Å². The summed E-state index contributed by atoms with van der Waals surface area (Å²) in [6, 6.07) is 8.05. The summed E-state index contributed by atoms with van der Waals surface area (Å²) in [7, 11) is 0. The van der Waals surface area contributed by atoms with Gasteiger partial charge in [-0.1, -0.05) is 37.1 Å². The molecule has 1 atom stereocenters. The van der Waals surface area contributed by atoms with Crippen molar-refractivity contribution in [3.8, 4) is 0 Å². The standard InChI is InChI=1S/C28H38N4O4/c1-20-6-2-5-9-23(20)28(19-26(35)32(27(28)36)22-7-3-4-8-22)18-25(34)31-14-10-21(11-15-31)30-16-12-24(33)29-13-17-30/h2,5-6,9,21-22H,3-4,7-8,10-19H2,1H3,(H,29,33)/t28-/m0/s1. The first-order valence-corrected chi connectivity index (χ1v) is 13.6. The highest BCUT2D eigenvalue weighted by atomic mass is 16.2. The third kappa shape index (κ3) is 4.67. The molecule has 0 radical (unpaired) electrons. The Kier molecular flexibility index (Phi) is 7.15. The number of piperidine rings is 1. The van der Waals surface area contributed by atoms with Gasteiger partial charge >= 0.3 is 0 Å². The van der Waals surface area contributed by atoms with Crippen LogP contribution < -0.4 is 5.32 Å². The van der Waals surface area contributed by atoms with Gasteiger partial charge in [0.25, 0.3) is 0 Å². The molecule has 1 saturated carbocycles. The number of aryl methyl sites for hydroxylation is 1. The fraction of sp³-hybridized carbons (Fsp3) is 0.643. The van der Waals surface area contributed by atoms with Crippen LogP contribution in [0.25, 0.3) is 0 Å². The summed E-state index contributed by atoms with van der Waals surface area (Å²) >= 11 is 0. The number of nitrogens with one attached hydrogen (secondary N) is 1. The molecular formula is C28H38N4O4. The van der Waals surface area contributed by atoms with E-state index in [1.807, 2.05) is 36.1 Å². The van der Waals surface area contributed by atoms with E-state index in [-0.39, 0.29) is 42.5 Å². The van der Waals surface area contributed by atoms with E-state index in [2.05, 4.69) is 10.2 Å². The van der Waals surface area contributed by atoms with E-state index < -0.39 is 5.41 Å². The molecule has 8 nitrogen and oxygen atoms in total. The van der Waals surface area contributed by atoms with Gasteiger partial charge in [-0.05, 0) is 43.7 Å². The summed E-state index contributed by atoms with van der Waals surface area (Å²) < 4.78 is 0. The van der Waals surface area contributed by atoms with Crippen molar-refractivity contribution in [2.45, 2.75) is 82.2 Å². The number of hydrogen-bond donors (Lipinski definition) is 1. The maximum absolute atomic E-state index is 14.0. The molecule has 1 aromatic carbocycles. The molecule has 0 unspecified atom stereocenters. The maximum Gasteiger partial charge on any atom is 0.241 e. The third-order valence-electron chi connectivity index (χ3n) is 8.83. The zero-order valence-corrected chi connectivity index (χ0v) is 21.3. The second kappa shape index (κ2) is 10.3. The van der Waals surface area contributed by atoms with Crippen LogP contribution in [0.15, 0.2) is 24.3 Å². The molecule has 0 spiro atoms. The first kappa shape index (κ1) is 24.9. The van der Waals surface area contributed by atoms with Crippen LogP contribution in [0.1, 0.15) is 68.9 Å². The molecule has 36 heavy (non-hydrogen) atoms. The Balaban J connectivity index is 1.32. The first-order chi connectivity index (χ1) is 17.4. The Bertz CT molecular complexity index is 1030. The molecule has 8 heteroatoms. The zero-order valence-electron chi connectivity index (χ0n) is 21.3. The van der Waals surface area contributed by atoms with Crippen molar-refractivity contribution in [1.82, 2.24) is 20.0 Å². The average molecular weight is 495 g/mol. The van der Waals surface area contributed by atoms with Gasteiger partial charge in [0.05, 0.1) is 5.41 Å². The fourth-order valence-electron chi connectivity index (χ4n) is 6.85. The second-order valence-electron chi connectivity index (χ2n) is 11.0. The van der Waals surface area contributed by atoms with Gasteiger partial charge in [0.15, 0.2) is 0 Å². The van der Waals surface area contributed by atoms with Crippen molar-refractivity contribution >= 4 is 23.6 Å². The van der Waals surface area contributed by atoms with Crippen LogP contribution in [0, 0.1) is 6.92 Å². The maximum atomic E-state index is 14.0. The molecule has 4 aliphatic rings. The van der Waals surface area contributed by atoms with Gasteiger partial charge in [-0.15, -0.1) is 0 Å². The number of imide groups is 1. The van der Waals surface area contributed by atoms with Crippen molar-refractivity contribution in [2.75, 3.05) is 32.7 Å². The lowest BCUT2D eigenvalue weighted by molar-refractivity contribution is -0.145. The summed E-state index contributed by atoms with van der Waals surface area (Å²) in [5.41, 5.74) is 0.645. The Morgan fingerprint density at radius 1 is 0.972 bits per heavy atom. The third-order valence-corrected chi connectivity index (χ3v) is 8.83. The minimum atomic E-state index is -1.12. The van der Waals surface area contributed by atoms with Gasteiger partial charge in [-0.2, -0.15) is 0 Å². The minimum Gasteiger partial charge on any atom is -0.355 e. The normalized spacial score (nSPS) is 27.0. The highest BCUT2D eigenvalue weighted by molar-refractivity contribution is 6.11. The molecule has 3 saturated heterocycles. The SMILES string of the molecule is Cc1ccccc1[C@]1(CC(=O)N2CCC(N3CCNC(=O)CC3)CC2)CC(=O)N(C2CCCC2)C1=O.